The van der Waals surface area contributed by atoms with Gasteiger partial charge in [0.2, 0.25) is 5.95 Å². The van der Waals surface area contributed by atoms with Crippen molar-refractivity contribution >= 4 is 24.2 Å². The zero-order chi connectivity index (χ0) is 29.1. The summed E-state index contributed by atoms with van der Waals surface area (Å²) in [6, 6.07) is 10.4. The van der Waals surface area contributed by atoms with Crippen molar-refractivity contribution in [1.82, 2.24) is 39.3 Å². The molecule has 4 heterocycles. The summed E-state index contributed by atoms with van der Waals surface area (Å²) in [7, 11) is 5.93. The standard InChI is InChI=1S/C31H39N11/c1-33-20-25(19-32)23-6-4-5-22(17-23)18-27-29-26(37-40(27)3)8-7-24-21-34-31(36-30(24)29)35-28-9-10-42(38-28)16-15-41-13-11-39(2)12-14-41/h4-6,9-10,17,19-21,25,32H,7-8,11-16,18H2,1-3H3,(H,34,35,36,38). The lowest BCUT2D eigenvalue weighted by Gasteiger charge is -2.32. The minimum absolute atomic E-state index is 0.132. The largest absolute Gasteiger partial charge is 0.312 e. The number of aryl methyl sites for hydroxylation is 3. The number of aliphatic imine (C=N–C) groups is 1. The van der Waals surface area contributed by atoms with Crippen LogP contribution in [0.2, 0.25) is 0 Å². The lowest BCUT2D eigenvalue weighted by Crippen LogP contribution is -2.45. The van der Waals surface area contributed by atoms with Crippen LogP contribution in [0.15, 0.2) is 47.7 Å². The number of hydrogen-bond donors (Lipinski definition) is 2. The third-order valence-corrected chi connectivity index (χ3v) is 8.29. The number of nitrogens with zero attached hydrogens (tertiary/aromatic N) is 9. The topological polar surface area (TPSA) is 116 Å². The van der Waals surface area contributed by atoms with E-state index in [2.05, 4.69) is 50.3 Å². The molecule has 1 saturated heterocycles. The third kappa shape index (κ3) is 6.02. The Labute approximate surface area is 246 Å². The summed E-state index contributed by atoms with van der Waals surface area (Å²) in [6.07, 6.45) is 9.63. The Morgan fingerprint density at radius 3 is 2.74 bits per heavy atom. The first-order valence-corrected chi connectivity index (χ1v) is 14.6. The van der Waals surface area contributed by atoms with Gasteiger partial charge < -0.3 is 15.6 Å². The SMILES string of the molecule is CN=CC(C=N)c1cccc(Cc2c3c(nn2C)CCc2cnc(Nc4ccn(CCN5CCN(C)CC5)n4)nc2-3)c1. The number of piperazine rings is 1. The molecule has 4 aromatic rings. The van der Waals surface area contributed by atoms with E-state index in [1.807, 2.05) is 40.9 Å². The molecule has 0 spiro atoms. The van der Waals surface area contributed by atoms with Gasteiger partial charge in [-0.25, -0.2) is 9.97 Å². The lowest BCUT2D eigenvalue weighted by atomic mass is 9.91. The summed E-state index contributed by atoms with van der Waals surface area (Å²) in [5.41, 5.74) is 7.60. The van der Waals surface area contributed by atoms with Crippen LogP contribution in [0.25, 0.3) is 11.3 Å². The van der Waals surface area contributed by atoms with E-state index in [4.69, 9.17) is 20.6 Å². The van der Waals surface area contributed by atoms with Crippen molar-refractivity contribution < 1.29 is 0 Å². The maximum Gasteiger partial charge on any atom is 0.228 e. The molecular formula is C31H39N11. The van der Waals surface area contributed by atoms with Gasteiger partial charge in [0.05, 0.1) is 29.5 Å². The van der Waals surface area contributed by atoms with Crippen LogP contribution in [0.5, 0.6) is 0 Å². The summed E-state index contributed by atoms with van der Waals surface area (Å²) in [5, 5.41) is 20.8. The van der Waals surface area contributed by atoms with Gasteiger partial charge in [0.15, 0.2) is 5.82 Å². The quantitative estimate of drug-likeness (QED) is 0.284. The van der Waals surface area contributed by atoms with Crippen LogP contribution < -0.4 is 5.32 Å². The van der Waals surface area contributed by atoms with E-state index >= 15 is 0 Å². The molecule has 6 rings (SSSR count). The molecule has 0 bridgehead atoms. The van der Waals surface area contributed by atoms with Crippen LogP contribution in [-0.4, -0.2) is 98.6 Å². The fraction of sp³-hybridized carbons (Fsp3) is 0.419. The molecule has 1 fully saturated rings. The summed E-state index contributed by atoms with van der Waals surface area (Å²) in [6.45, 7) is 6.29. The van der Waals surface area contributed by atoms with E-state index in [-0.39, 0.29) is 5.92 Å². The van der Waals surface area contributed by atoms with Gasteiger partial charge in [-0.3, -0.25) is 19.3 Å². The minimum atomic E-state index is -0.132. The van der Waals surface area contributed by atoms with E-state index in [0.29, 0.717) is 12.4 Å². The number of fused-ring (bicyclic) bond motifs is 3. The van der Waals surface area contributed by atoms with E-state index in [0.717, 1.165) is 97.3 Å². The predicted molar refractivity (Wildman–Crippen MR) is 166 cm³/mol. The van der Waals surface area contributed by atoms with Gasteiger partial charge in [0.25, 0.3) is 0 Å². The van der Waals surface area contributed by atoms with Crippen molar-refractivity contribution in [3.63, 3.8) is 0 Å². The maximum absolute atomic E-state index is 7.82. The first-order chi connectivity index (χ1) is 20.5. The Balaban J connectivity index is 1.20. The molecule has 2 N–H and O–H groups in total. The van der Waals surface area contributed by atoms with Crippen molar-refractivity contribution in [2.75, 3.05) is 52.1 Å². The Morgan fingerprint density at radius 1 is 1.07 bits per heavy atom. The molecule has 1 atom stereocenters. The first kappa shape index (κ1) is 27.9. The number of likely N-dealkylation sites (N-methyl/N-ethyl adjacent to an activating group) is 1. The van der Waals surface area contributed by atoms with Gasteiger partial charge in [-0.15, -0.1) is 0 Å². The second kappa shape index (κ2) is 12.3. The van der Waals surface area contributed by atoms with E-state index in [1.165, 1.54) is 6.21 Å². The number of hydrogen-bond acceptors (Lipinski definition) is 9. The maximum atomic E-state index is 7.82. The zero-order valence-electron chi connectivity index (χ0n) is 24.7. The molecule has 1 aromatic carbocycles. The van der Waals surface area contributed by atoms with Crippen LogP contribution in [-0.2, 0) is 32.9 Å². The number of anilines is 2. The molecule has 1 aliphatic heterocycles. The van der Waals surface area contributed by atoms with Crippen molar-refractivity contribution in [3.05, 3.63) is 70.8 Å². The van der Waals surface area contributed by atoms with Crippen LogP contribution in [0.3, 0.4) is 0 Å². The average Bonchev–Trinajstić information content (AvgIpc) is 3.59. The Kier molecular flexibility index (Phi) is 8.20. The third-order valence-electron chi connectivity index (χ3n) is 8.29. The van der Waals surface area contributed by atoms with Gasteiger partial charge in [0.1, 0.15) is 0 Å². The van der Waals surface area contributed by atoms with E-state index in [1.54, 1.807) is 13.3 Å². The van der Waals surface area contributed by atoms with Gasteiger partial charge in [-0.05, 0) is 36.6 Å². The van der Waals surface area contributed by atoms with Crippen LogP contribution in [0.4, 0.5) is 11.8 Å². The smallest absolute Gasteiger partial charge is 0.228 e. The van der Waals surface area contributed by atoms with Crippen LogP contribution >= 0.6 is 0 Å². The molecular weight excluding hydrogens is 526 g/mol. The predicted octanol–water partition coefficient (Wildman–Crippen LogP) is 3.19. The average molecular weight is 566 g/mol. The van der Waals surface area contributed by atoms with Crippen molar-refractivity contribution in [3.8, 4) is 11.3 Å². The second-order valence-electron chi connectivity index (χ2n) is 11.2. The highest BCUT2D eigenvalue weighted by atomic mass is 15.3. The highest BCUT2D eigenvalue weighted by Gasteiger charge is 2.26. The molecule has 42 heavy (non-hydrogen) atoms. The molecule has 0 saturated carbocycles. The van der Waals surface area contributed by atoms with Gasteiger partial charge in [-0.2, -0.15) is 10.2 Å². The van der Waals surface area contributed by atoms with Gasteiger partial charge in [0, 0.05) is 89.7 Å². The molecule has 0 amide bonds. The molecule has 3 aromatic heterocycles. The van der Waals surface area contributed by atoms with Crippen molar-refractivity contribution in [2.45, 2.75) is 31.7 Å². The highest BCUT2D eigenvalue weighted by Crippen LogP contribution is 2.36. The summed E-state index contributed by atoms with van der Waals surface area (Å²) in [5.74, 6) is 1.15. The zero-order valence-corrected chi connectivity index (χ0v) is 24.7. The van der Waals surface area contributed by atoms with Crippen LogP contribution in [0.1, 0.15) is 34.0 Å². The minimum Gasteiger partial charge on any atom is -0.312 e. The molecule has 11 heteroatoms. The molecule has 0 radical (unpaired) electrons. The molecule has 1 aliphatic carbocycles. The fourth-order valence-electron chi connectivity index (χ4n) is 5.86. The Hall–Kier alpha value is -4.22. The summed E-state index contributed by atoms with van der Waals surface area (Å²) in [4.78, 5) is 18.6. The number of aromatic nitrogens is 6. The van der Waals surface area contributed by atoms with Crippen molar-refractivity contribution in [2.24, 2.45) is 12.0 Å². The summed E-state index contributed by atoms with van der Waals surface area (Å²) < 4.78 is 3.98. The van der Waals surface area contributed by atoms with Crippen LogP contribution in [0, 0.1) is 5.41 Å². The summed E-state index contributed by atoms with van der Waals surface area (Å²) >= 11 is 0. The molecule has 1 unspecified atom stereocenters. The molecule has 11 nitrogen and oxygen atoms in total. The van der Waals surface area contributed by atoms with E-state index < -0.39 is 0 Å². The molecule has 2 aliphatic rings. The number of rotatable bonds is 10. The fourth-order valence-corrected chi connectivity index (χ4v) is 5.86. The normalized spacial score (nSPS) is 16.4. The monoisotopic (exact) mass is 565 g/mol. The van der Waals surface area contributed by atoms with Gasteiger partial charge in [-0.1, -0.05) is 24.3 Å². The highest BCUT2D eigenvalue weighted by molar-refractivity contribution is 5.89. The molecule has 218 valence electrons. The van der Waals surface area contributed by atoms with E-state index in [9.17, 15) is 0 Å². The Bertz CT molecular complexity index is 1580. The second-order valence-corrected chi connectivity index (χ2v) is 11.2. The number of nitrogens with one attached hydrogen (secondary N) is 2. The Morgan fingerprint density at radius 2 is 1.93 bits per heavy atom. The lowest BCUT2D eigenvalue weighted by molar-refractivity contribution is 0.149. The first-order valence-electron chi connectivity index (χ1n) is 14.6. The van der Waals surface area contributed by atoms with Gasteiger partial charge >= 0.3 is 0 Å². The number of benzene rings is 1. The van der Waals surface area contributed by atoms with Crippen molar-refractivity contribution in [1.29, 1.82) is 5.41 Å².